The number of halogens is 1. The monoisotopic (exact) mass is 494 g/mol. The Hall–Kier alpha value is -2.42. The smallest absolute Gasteiger partial charge is 0.190 e. The molecule has 2 aromatic carbocycles. The maximum absolute atomic E-state index is 10.0. The van der Waals surface area contributed by atoms with Crippen molar-refractivity contribution in [2.24, 2.45) is 4.99 Å². The zero-order valence-corrected chi connectivity index (χ0v) is 18.5. The molecule has 0 unspecified atom stereocenters. The lowest BCUT2D eigenvalue weighted by Gasteiger charge is -2.12. The lowest BCUT2D eigenvalue weighted by Crippen LogP contribution is -2.39. The minimum atomic E-state index is 0. The van der Waals surface area contributed by atoms with Crippen LogP contribution in [0.3, 0.4) is 0 Å². The molecule has 1 aromatic heterocycles. The van der Waals surface area contributed by atoms with Crippen molar-refractivity contribution in [1.82, 2.24) is 15.6 Å². The van der Waals surface area contributed by atoms with Crippen molar-refractivity contribution in [1.29, 1.82) is 0 Å². The third-order valence-corrected chi connectivity index (χ3v) is 4.56. The molecule has 6 nitrogen and oxygen atoms in total. The number of methoxy groups -OCH3 is 1. The van der Waals surface area contributed by atoms with E-state index in [9.17, 15) is 5.11 Å². The van der Waals surface area contributed by atoms with Gasteiger partial charge in [0.05, 0.1) is 7.11 Å². The summed E-state index contributed by atoms with van der Waals surface area (Å²) in [5.41, 5.74) is 3.32. The SMILES string of the molecule is CN=C(NCCc1ccc(OC)cc1O)NCCc1c[nH]c2ccccc12.I. The van der Waals surface area contributed by atoms with Gasteiger partial charge in [-0.05, 0) is 36.1 Å². The summed E-state index contributed by atoms with van der Waals surface area (Å²) in [7, 11) is 3.34. The molecule has 3 aromatic rings. The summed E-state index contributed by atoms with van der Waals surface area (Å²) in [4.78, 5) is 7.55. The second kappa shape index (κ2) is 10.8. The number of phenolic OH excluding ortho intramolecular Hbond substituents is 1. The summed E-state index contributed by atoms with van der Waals surface area (Å²) in [6.07, 6.45) is 3.66. The van der Waals surface area contributed by atoms with Gasteiger partial charge in [0.25, 0.3) is 0 Å². The number of aromatic nitrogens is 1. The fourth-order valence-electron chi connectivity index (χ4n) is 3.07. The van der Waals surface area contributed by atoms with Crippen molar-refractivity contribution in [2.75, 3.05) is 27.2 Å². The molecule has 0 saturated carbocycles. The van der Waals surface area contributed by atoms with Crippen LogP contribution >= 0.6 is 24.0 Å². The summed E-state index contributed by atoms with van der Waals surface area (Å²) < 4.78 is 5.10. The van der Waals surface area contributed by atoms with Gasteiger partial charge in [0, 0.05) is 43.3 Å². The molecule has 0 atom stereocenters. The second-order valence-electron chi connectivity index (χ2n) is 6.28. The van der Waals surface area contributed by atoms with E-state index in [4.69, 9.17) is 4.74 Å². The number of aliphatic imine (C=N–C) groups is 1. The minimum Gasteiger partial charge on any atom is -0.508 e. The first-order valence-corrected chi connectivity index (χ1v) is 9.06. The maximum atomic E-state index is 10.0. The number of guanidine groups is 1. The van der Waals surface area contributed by atoms with Gasteiger partial charge in [0.2, 0.25) is 0 Å². The van der Waals surface area contributed by atoms with Crippen LogP contribution in [0, 0.1) is 0 Å². The van der Waals surface area contributed by atoms with Crippen molar-refractivity contribution < 1.29 is 9.84 Å². The zero-order valence-electron chi connectivity index (χ0n) is 16.2. The van der Waals surface area contributed by atoms with E-state index in [1.165, 1.54) is 10.9 Å². The van der Waals surface area contributed by atoms with E-state index in [1.807, 2.05) is 18.2 Å². The fourth-order valence-corrected chi connectivity index (χ4v) is 3.07. The van der Waals surface area contributed by atoms with E-state index in [-0.39, 0.29) is 29.7 Å². The van der Waals surface area contributed by atoms with Crippen molar-refractivity contribution in [3.05, 3.63) is 59.8 Å². The number of ether oxygens (including phenoxy) is 1. The van der Waals surface area contributed by atoms with Gasteiger partial charge < -0.3 is 25.5 Å². The topological polar surface area (TPSA) is 81.7 Å². The van der Waals surface area contributed by atoms with Crippen LogP contribution in [0.25, 0.3) is 10.9 Å². The fraction of sp³-hybridized carbons (Fsp3) is 0.286. The third-order valence-electron chi connectivity index (χ3n) is 4.56. The van der Waals surface area contributed by atoms with Crippen molar-refractivity contribution in [3.8, 4) is 11.5 Å². The molecule has 0 aliphatic rings. The maximum Gasteiger partial charge on any atom is 0.190 e. The normalized spacial score (nSPS) is 11.1. The number of nitrogens with zero attached hydrogens (tertiary/aromatic N) is 1. The molecule has 0 radical (unpaired) electrons. The third kappa shape index (κ3) is 5.54. The molecule has 7 heteroatoms. The number of aromatic amines is 1. The van der Waals surface area contributed by atoms with Crippen LogP contribution in [0.2, 0.25) is 0 Å². The van der Waals surface area contributed by atoms with Crippen LogP contribution in [0.1, 0.15) is 11.1 Å². The van der Waals surface area contributed by atoms with Gasteiger partial charge in [0.15, 0.2) is 5.96 Å². The first-order valence-electron chi connectivity index (χ1n) is 9.06. The molecule has 150 valence electrons. The number of rotatable bonds is 7. The highest BCUT2D eigenvalue weighted by Gasteiger charge is 2.05. The number of para-hydroxylation sites is 1. The van der Waals surface area contributed by atoms with Crippen LogP contribution in [-0.2, 0) is 12.8 Å². The average molecular weight is 494 g/mol. The first kappa shape index (κ1) is 21.9. The van der Waals surface area contributed by atoms with E-state index in [2.05, 4.69) is 45.0 Å². The summed E-state index contributed by atoms with van der Waals surface area (Å²) in [6.45, 7) is 1.46. The highest BCUT2D eigenvalue weighted by Crippen LogP contribution is 2.23. The molecule has 0 aliphatic heterocycles. The highest BCUT2D eigenvalue weighted by atomic mass is 127. The quantitative estimate of drug-likeness (QED) is 0.231. The van der Waals surface area contributed by atoms with Crippen molar-refractivity contribution in [3.63, 3.8) is 0 Å². The van der Waals surface area contributed by atoms with Crippen LogP contribution < -0.4 is 15.4 Å². The van der Waals surface area contributed by atoms with Gasteiger partial charge >= 0.3 is 0 Å². The lowest BCUT2D eigenvalue weighted by molar-refractivity contribution is 0.406. The molecule has 0 spiro atoms. The number of H-pyrrole nitrogens is 1. The number of fused-ring (bicyclic) bond motifs is 1. The Balaban J connectivity index is 0.00000280. The summed E-state index contributed by atoms with van der Waals surface area (Å²) in [5, 5.41) is 17.9. The predicted octanol–water partition coefficient (Wildman–Crippen LogP) is 3.45. The molecule has 28 heavy (non-hydrogen) atoms. The molecule has 4 N–H and O–H groups in total. The Morgan fingerprint density at radius 1 is 1.07 bits per heavy atom. The predicted molar refractivity (Wildman–Crippen MR) is 125 cm³/mol. The number of benzene rings is 2. The summed E-state index contributed by atoms with van der Waals surface area (Å²) in [6, 6.07) is 13.7. The van der Waals surface area contributed by atoms with Crippen LogP contribution in [-0.4, -0.2) is 43.3 Å². The zero-order chi connectivity index (χ0) is 19.1. The summed E-state index contributed by atoms with van der Waals surface area (Å²) in [5.74, 6) is 1.65. The van der Waals surface area contributed by atoms with E-state index in [0.29, 0.717) is 18.7 Å². The standard InChI is InChI=1S/C21H26N4O2.HI/c1-22-21(23-11-9-15-7-8-17(27-2)13-20(15)26)24-12-10-16-14-25-19-6-4-3-5-18(16)19;/h3-8,13-14,25-26H,9-12H2,1-2H3,(H2,22,23,24);1H. The van der Waals surface area contributed by atoms with Gasteiger partial charge in [-0.25, -0.2) is 0 Å². The Morgan fingerprint density at radius 2 is 1.79 bits per heavy atom. The number of nitrogens with one attached hydrogen (secondary N) is 3. The average Bonchev–Trinajstić information content (AvgIpc) is 3.11. The largest absolute Gasteiger partial charge is 0.508 e. The molecule has 0 bridgehead atoms. The van der Waals surface area contributed by atoms with Crippen LogP contribution in [0.4, 0.5) is 0 Å². The van der Waals surface area contributed by atoms with Gasteiger partial charge in [-0.3, -0.25) is 4.99 Å². The molecule has 1 heterocycles. The minimum absolute atomic E-state index is 0. The van der Waals surface area contributed by atoms with Crippen molar-refractivity contribution in [2.45, 2.75) is 12.8 Å². The number of hydrogen-bond acceptors (Lipinski definition) is 3. The molecular weight excluding hydrogens is 467 g/mol. The number of aromatic hydroxyl groups is 1. The van der Waals surface area contributed by atoms with Crippen LogP contribution in [0.5, 0.6) is 11.5 Å². The Labute approximate surface area is 182 Å². The van der Waals surface area contributed by atoms with Crippen molar-refractivity contribution >= 4 is 40.8 Å². The molecule has 3 rings (SSSR count). The molecule has 0 aliphatic carbocycles. The Bertz CT molecular complexity index is 924. The lowest BCUT2D eigenvalue weighted by atomic mass is 10.1. The second-order valence-corrected chi connectivity index (χ2v) is 6.28. The first-order chi connectivity index (χ1) is 13.2. The van der Waals surface area contributed by atoms with Gasteiger partial charge in [-0.1, -0.05) is 24.3 Å². The Kier molecular flexibility index (Phi) is 8.43. The summed E-state index contributed by atoms with van der Waals surface area (Å²) >= 11 is 0. The number of hydrogen-bond donors (Lipinski definition) is 4. The van der Waals surface area contributed by atoms with E-state index < -0.39 is 0 Å². The molecular formula is C21H27IN4O2. The molecule has 0 saturated heterocycles. The number of phenols is 1. The molecule has 0 amide bonds. The Morgan fingerprint density at radius 3 is 2.46 bits per heavy atom. The van der Waals surface area contributed by atoms with E-state index in [1.54, 1.807) is 20.2 Å². The van der Waals surface area contributed by atoms with Gasteiger partial charge in [-0.2, -0.15) is 0 Å². The molecule has 0 fully saturated rings. The van der Waals surface area contributed by atoms with Gasteiger partial charge in [-0.15, -0.1) is 24.0 Å². The van der Waals surface area contributed by atoms with Gasteiger partial charge in [0.1, 0.15) is 11.5 Å². The van der Waals surface area contributed by atoms with Crippen LogP contribution in [0.15, 0.2) is 53.7 Å². The van der Waals surface area contributed by atoms with E-state index in [0.717, 1.165) is 30.0 Å². The van der Waals surface area contributed by atoms with E-state index >= 15 is 0 Å². The highest BCUT2D eigenvalue weighted by molar-refractivity contribution is 14.0.